The van der Waals surface area contributed by atoms with Crippen molar-refractivity contribution in [2.75, 3.05) is 19.0 Å². The van der Waals surface area contributed by atoms with Crippen LogP contribution in [0.25, 0.3) is 0 Å². The van der Waals surface area contributed by atoms with Gasteiger partial charge in [-0.15, -0.1) is 4.98 Å². The summed E-state index contributed by atoms with van der Waals surface area (Å²) in [5.41, 5.74) is 2.20. The Bertz CT molecular complexity index is 617. The van der Waals surface area contributed by atoms with E-state index in [2.05, 4.69) is 27.2 Å². The van der Waals surface area contributed by atoms with Crippen LogP contribution in [0.15, 0.2) is 18.2 Å². The summed E-state index contributed by atoms with van der Waals surface area (Å²) in [6, 6.07) is 6.37. The number of nitrogens with one attached hydrogen (secondary N) is 1. The highest BCUT2D eigenvalue weighted by Crippen LogP contribution is 2.24. The maximum atomic E-state index is 5.75. The zero-order valence-corrected chi connectivity index (χ0v) is 12.8. The van der Waals surface area contributed by atoms with Gasteiger partial charge in [0.15, 0.2) is 0 Å². The van der Waals surface area contributed by atoms with E-state index in [1.807, 2.05) is 32.0 Å². The molecule has 2 aromatic rings. The summed E-state index contributed by atoms with van der Waals surface area (Å²) < 4.78 is 10.8. The third-order valence-corrected chi connectivity index (χ3v) is 2.84. The molecule has 0 amide bonds. The second-order valence-corrected chi connectivity index (χ2v) is 4.73. The number of hydrogen-bond donors (Lipinski definition) is 1. The largest absolute Gasteiger partial charge is 0.467 e. The molecule has 0 unspecified atom stereocenters. The number of nitrogens with zero attached hydrogens (tertiary/aromatic N) is 3. The molecule has 6 nitrogen and oxygen atoms in total. The molecule has 1 N–H and O–H groups in total. The van der Waals surface area contributed by atoms with E-state index < -0.39 is 0 Å². The van der Waals surface area contributed by atoms with Crippen molar-refractivity contribution in [3.63, 3.8) is 0 Å². The average molecular weight is 288 g/mol. The van der Waals surface area contributed by atoms with Gasteiger partial charge in [-0.2, -0.15) is 9.97 Å². The average Bonchev–Trinajstić information content (AvgIpc) is 2.48. The number of benzene rings is 1. The first-order chi connectivity index (χ1) is 10.1. The Morgan fingerprint density at radius 3 is 2.52 bits per heavy atom. The van der Waals surface area contributed by atoms with Gasteiger partial charge >= 0.3 is 12.0 Å². The van der Waals surface area contributed by atoms with E-state index in [9.17, 15) is 0 Å². The normalized spacial score (nSPS) is 10.3. The lowest BCUT2D eigenvalue weighted by Crippen LogP contribution is -2.07. The first-order valence-electron chi connectivity index (χ1n) is 6.91. The van der Waals surface area contributed by atoms with E-state index in [1.165, 1.54) is 12.7 Å². The van der Waals surface area contributed by atoms with Crippen LogP contribution in [0.5, 0.6) is 17.8 Å². The first-order valence-corrected chi connectivity index (χ1v) is 6.91. The van der Waals surface area contributed by atoms with Gasteiger partial charge < -0.3 is 14.8 Å². The van der Waals surface area contributed by atoms with Gasteiger partial charge in [0, 0.05) is 6.54 Å². The van der Waals surface area contributed by atoms with Crippen LogP contribution in [-0.4, -0.2) is 28.6 Å². The van der Waals surface area contributed by atoms with Gasteiger partial charge in [0.25, 0.3) is 0 Å². The smallest absolute Gasteiger partial charge is 0.330 e. The maximum absolute atomic E-state index is 5.75. The van der Waals surface area contributed by atoms with Gasteiger partial charge in [0.05, 0.1) is 7.11 Å². The molecule has 0 aliphatic heterocycles. The quantitative estimate of drug-likeness (QED) is 0.880. The molecule has 1 heterocycles. The molecule has 1 aromatic carbocycles. The highest BCUT2D eigenvalue weighted by Gasteiger charge is 2.10. The van der Waals surface area contributed by atoms with Crippen LogP contribution < -0.4 is 14.8 Å². The molecule has 0 aliphatic rings. The fourth-order valence-corrected chi connectivity index (χ4v) is 1.80. The number of ether oxygens (including phenoxy) is 2. The Labute approximate surface area is 124 Å². The third kappa shape index (κ3) is 4.05. The molecule has 0 radical (unpaired) electrons. The standard InChI is InChI=1S/C15H20N4O2/c1-5-8-16-13-17-14(20-4)19-15(18-13)21-12-7-6-10(2)9-11(12)3/h6-7,9H,5,8H2,1-4H3,(H,16,17,18,19). The van der Waals surface area contributed by atoms with Gasteiger partial charge in [-0.3, -0.25) is 0 Å². The van der Waals surface area contributed by atoms with Crippen molar-refractivity contribution in [1.29, 1.82) is 0 Å². The van der Waals surface area contributed by atoms with Crippen molar-refractivity contribution in [2.45, 2.75) is 27.2 Å². The van der Waals surface area contributed by atoms with Crippen LogP contribution in [-0.2, 0) is 0 Å². The highest BCUT2D eigenvalue weighted by molar-refractivity contribution is 5.38. The van der Waals surface area contributed by atoms with Crippen LogP contribution in [0, 0.1) is 13.8 Å². The van der Waals surface area contributed by atoms with Gasteiger partial charge in [0.1, 0.15) is 5.75 Å². The highest BCUT2D eigenvalue weighted by atomic mass is 16.5. The second-order valence-electron chi connectivity index (χ2n) is 4.73. The van der Waals surface area contributed by atoms with Crippen LogP contribution in [0.4, 0.5) is 5.95 Å². The molecule has 21 heavy (non-hydrogen) atoms. The topological polar surface area (TPSA) is 69.2 Å². The van der Waals surface area contributed by atoms with Crippen molar-refractivity contribution in [3.8, 4) is 17.8 Å². The zero-order chi connectivity index (χ0) is 15.2. The number of anilines is 1. The SMILES string of the molecule is CCCNc1nc(OC)nc(Oc2ccc(C)cc2C)n1. The van der Waals surface area contributed by atoms with Gasteiger partial charge in [-0.25, -0.2) is 0 Å². The second kappa shape index (κ2) is 6.88. The lowest BCUT2D eigenvalue weighted by molar-refractivity contribution is 0.359. The predicted molar refractivity (Wildman–Crippen MR) is 81.1 cm³/mol. The Kier molecular flexibility index (Phi) is 4.92. The van der Waals surface area contributed by atoms with Crippen molar-refractivity contribution in [1.82, 2.24) is 15.0 Å². The molecule has 0 spiro atoms. The van der Waals surface area contributed by atoms with Crippen molar-refractivity contribution < 1.29 is 9.47 Å². The summed E-state index contributed by atoms with van der Waals surface area (Å²) in [4.78, 5) is 12.5. The van der Waals surface area contributed by atoms with E-state index in [0.717, 1.165) is 24.3 Å². The lowest BCUT2D eigenvalue weighted by atomic mass is 10.1. The number of rotatable bonds is 6. The summed E-state index contributed by atoms with van der Waals surface area (Å²) in [7, 11) is 1.51. The molecule has 112 valence electrons. The van der Waals surface area contributed by atoms with Crippen LogP contribution in [0.2, 0.25) is 0 Å². The Hall–Kier alpha value is -2.37. The molecular formula is C15H20N4O2. The maximum Gasteiger partial charge on any atom is 0.330 e. The van der Waals surface area contributed by atoms with E-state index in [4.69, 9.17) is 9.47 Å². The minimum Gasteiger partial charge on any atom is -0.467 e. The Morgan fingerprint density at radius 2 is 1.86 bits per heavy atom. The van der Waals surface area contributed by atoms with E-state index in [-0.39, 0.29) is 12.0 Å². The molecule has 0 saturated carbocycles. The first kappa shape index (κ1) is 15.0. The predicted octanol–water partition coefficient (Wildman–Crippen LogP) is 3.11. The van der Waals surface area contributed by atoms with E-state index >= 15 is 0 Å². The Balaban J connectivity index is 2.25. The van der Waals surface area contributed by atoms with Crippen molar-refractivity contribution in [2.24, 2.45) is 0 Å². The molecule has 0 bridgehead atoms. The van der Waals surface area contributed by atoms with Crippen molar-refractivity contribution in [3.05, 3.63) is 29.3 Å². The zero-order valence-electron chi connectivity index (χ0n) is 12.8. The van der Waals surface area contributed by atoms with Gasteiger partial charge in [-0.05, 0) is 31.9 Å². The lowest BCUT2D eigenvalue weighted by Gasteiger charge is -2.10. The number of aryl methyl sites for hydroxylation is 2. The summed E-state index contributed by atoms with van der Waals surface area (Å²) in [5.74, 6) is 1.17. The molecule has 0 saturated heterocycles. The minimum atomic E-state index is 0.215. The fraction of sp³-hybridized carbons (Fsp3) is 0.400. The van der Waals surface area contributed by atoms with Gasteiger partial charge in [-0.1, -0.05) is 24.6 Å². The summed E-state index contributed by atoms with van der Waals surface area (Å²) in [6.45, 7) is 6.86. The Morgan fingerprint density at radius 1 is 1.10 bits per heavy atom. The summed E-state index contributed by atoms with van der Waals surface area (Å²) in [5, 5.41) is 3.10. The molecule has 1 aromatic heterocycles. The molecule has 0 fully saturated rings. The van der Waals surface area contributed by atoms with Gasteiger partial charge in [0.2, 0.25) is 5.95 Å². The molecular weight excluding hydrogens is 268 g/mol. The molecule has 0 aliphatic carbocycles. The monoisotopic (exact) mass is 288 g/mol. The summed E-state index contributed by atoms with van der Waals surface area (Å²) >= 11 is 0. The van der Waals surface area contributed by atoms with Crippen molar-refractivity contribution >= 4 is 5.95 Å². The summed E-state index contributed by atoms with van der Waals surface area (Å²) in [6.07, 6.45) is 0.973. The third-order valence-electron chi connectivity index (χ3n) is 2.84. The molecule has 2 rings (SSSR count). The number of methoxy groups -OCH3 is 1. The molecule has 0 atom stereocenters. The van der Waals surface area contributed by atoms with E-state index in [0.29, 0.717) is 5.95 Å². The minimum absolute atomic E-state index is 0.215. The van der Waals surface area contributed by atoms with Crippen LogP contribution >= 0.6 is 0 Å². The molecule has 6 heteroatoms. The fourth-order valence-electron chi connectivity index (χ4n) is 1.80. The van der Waals surface area contributed by atoms with Crippen LogP contribution in [0.1, 0.15) is 24.5 Å². The number of hydrogen-bond acceptors (Lipinski definition) is 6. The number of aromatic nitrogens is 3. The van der Waals surface area contributed by atoms with E-state index in [1.54, 1.807) is 0 Å². The van der Waals surface area contributed by atoms with Crippen LogP contribution in [0.3, 0.4) is 0 Å².